The topological polar surface area (TPSA) is 39.9 Å². The number of halogens is 1. The van der Waals surface area contributed by atoms with Crippen LogP contribution in [0.25, 0.3) is 17.1 Å². The summed E-state index contributed by atoms with van der Waals surface area (Å²) in [6.07, 6.45) is 1.56. The summed E-state index contributed by atoms with van der Waals surface area (Å²) in [5.41, 5.74) is 1.26. The molecule has 0 atom stereocenters. The molecule has 0 bridgehead atoms. The molecule has 0 saturated heterocycles. The van der Waals surface area contributed by atoms with Gasteiger partial charge in [0.1, 0.15) is 17.9 Å². The molecule has 0 unspecified atom stereocenters. The molecule has 3 aromatic rings. The first kappa shape index (κ1) is 12.3. The number of hydrogen-bond acceptors (Lipinski definition) is 3. The number of benzene rings is 2. The molecule has 1 aromatic heterocycles. The normalized spacial score (nSPS) is 10.5. The SMILES string of the molecule is COc1ccc(-c2nncn2-c2ccccc2)c(F)c1. The Kier molecular flexibility index (Phi) is 3.16. The number of hydrogen-bond donors (Lipinski definition) is 0. The molecule has 0 aliphatic rings. The molecular weight excluding hydrogens is 257 g/mol. The highest BCUT2D eigenvalue weighted by Gasteiger charge is 2.13. The number of para-hydroxylation sites is 1. The van der Waals surface area contributed by atoms with Crippen LogP contribution in [0.2, 0.25) is 0 Å². The largest absolute Gasteiger partial charge is 0.497 e. The molecule has 0 amide bonds. The van der Waals surface area contributed by atoms with Gasteiger partial charge in [-0.15, -0.1) is 10.2 Å². The van der Waals surface area contributed by atoms with Gasteiger partial charge in [-0.05, 0) is 24.3 Å². The van der Waals surface area contributed by atoms with Crippen LogP contribution in [0.3, 0.4) is 0 Å². The summed E-state index contributed by atoms with van der Waals surface area (Å²) in [5, 5.41) is 7.88. The lowest BCUT2D eigenvalue weighted by Crippen LogP contribution is -1.98. The van der Waals surface area contributed by atoms with Crippen LogP contribution in [-0.4, -0.2) is 21.9 Å². The molecule has 20 heavy (non-hydrogen) atoms. The third-order valence-corrected chi connectivity index (χ3v) is 3.00. The van der Waals surface area contributed by atoms with E-state index < -0.39 is 5.82 Å². The van der Waals surface area contributed by atoms with E-state index in [4.69, 9.17) is 4.74 Å². The van der Waals surface area contributed by atoms with E-state index in [0.29, 0.717) is 17.1 Å². The highest BCUT2D eigenvalue weighted by atomic mass is 19.1. The zero-order valence-corrected chi connectivity index (χ0v) is 10.8. The van der Waals surface area contributed by atoms with Gasteiger partial charge in [0.15, 0.2) is 5.82 Å². The van der Waals surface area contributed by atoms with Crippen molar-refractivity contribution in [3.05, 3.63) is 60.7 Å². The van der Waals surface area contributed by atoms with Crippen molar-refractivity contribution >= 4 is 0 Å². The second-order valence-electron chi connectivity index (χ2n) is 4.21. The fourth-order valence-corrected chi connectivity index (χ4v) is 2.00. The van der Waals surface area contributed by atoms with Crippen LogP contribution in [0.4, 0.5) is 4.39 Å². The Hall–Kier alpha value is -2.69. The van der Waals surface area contributed by atoms with E-state index in [-0.39, 0.29) is 0 Å². The van der Waals surface area contributed by atoms with E-state index in [1.165, 1.54) is 13.2 Å². The molecule has 0 spiro atoms. The fraction of sp³-hybridized carbons (Fsp3) is 0.0667. The molecule has 0 fully saturated rings. The van der Waals surface area contributed by atoms with Crippen molar-refractivity contribution in [3.8, 4) is 22.8 Å². The van der Waals surface area contributed by atoms with E-state index in [9.17, 15) is 4.39 Å². The highest BCUT2D eigenvalue weighted by Crippen LogP contribution is 2.26. The predicted octanol–water partition coefficient (Wildman–Crippen LogP) is 3.08. The van der Waals surface area contributed by atoms with Crippen molar-refractivity contribution in [3.63, 3.8) is 0 Å². The minimum Gasteiger partial charge on any atom is -0.497 e. The van der Waals surface area contributed by atoms with Crippen molar-refractivity contribution in [2.24, 2.45) is 0 Å². The Morgan fingerprint density at radius 2 is 1.90 bits per heavy atom. The van der Waals surface area contributed by atoms with Gasteiger partial charge < -0.3 is 4.74 Å². The number of nitrogens with zero attached hydrogens (tertiary/aromatic N) is 3. The Labute approximate surface area is 115 Å². The van der Waals surface area contributed by atoms with Crippen LogP contribution in [0.1, 0.15) is 0 Å². The van der Waals surface area contributed by atoms with Crippen LogP contribution in [0, 0.1) is 5.82 Å². The maximum Gasteiger partial charge on any atom is 0.171 e. The van der Waals surface area contributed by atoms with Gasteiger partial charge in [0.05, 0.1) is 12.7 Å². The molecule has 5 heteroatoms. The molecule has 1 heterocycles. The van der Waals surface area contributed by atoms with Gasteiger partial charge in [-0.25, -0.2) is 4.39 Å². The van der Waals surface area contributed by atoms with E-state index in [1.54, 1.807) is 23.0 Å². The number of ether oxygens (including phenoxy) is 1. The van der Waals surface area contributed by atoms with E-state index >= 15 is 0 Å². The monoisotopic (exact) mass is 269 g/mol. The van der Waals surface area contributed by atoms with Gasteiger partial charge in [-0.2, -0.15) is 0 Å². The Morgan fingerprint density at radius 3 is 2.60 bits per heavy atom. The summed E-state index contributed by atoms with van der Waals surface area (Å²) in [7, 11) is 1.50. The van der Waals surface area contributed by atoms with E-state index in [1.807, 2.05) is 30.3 Å². The second-order valence-corrected chi connectivity index (χ2v) is 4.21. The molecule has 100 valence electrons. The van der Waals surface area contributed by atoms with Gasteiger partial charge in [-0.1, -0.05) is 18.2 Å². The first-order chi connectivity index (χ1) is 9.79. The Morgan fingerprint density at radius 1 is 1.10 bits per heavy atom. The lowest BCUT2D eigenvalue weighted by atomic mass is 10.2. The minimum atomic E-state index is -0.394. The summed E-state index contributed by atoms with van der Waals surface area (Å²) in [6.45, 7) is 0. The van der Waals surface area contributed by atoms with Gasteiger partial charge in [0.2, 0.25) is 0 Å². The van der Waals surface area contributed by atoms with Gasteiger partial charge in [0, 0.05) is 11.8 Å². The van der Waals surface area contributed by atoms with Crippen molar-refractivity contribution in [1.82, 2.24) is 14.8 Å². The number of methoxy groups -OCH3 is 1. The van der Waals surface area contributed by atoms with Crippen molar-refractivity contribution in [2.45, 2.75) is 0 Å². The van der Waals surface area contributed by atoms with Gasteiger partial charge in [-0.3, -0.25) is 4.57 Å². The summed E-state index contributed by atoms with van der Waals surface area (Å²) >= 11 is 0. The van der Waals surface area contributed by atoms with Crippen LogP contribution in [-0.2, 0) is 0 Å². The van der Waals surface area contributed by atoms with Gasteiger partial charge >= 0.3 is 0 Å². The van der Waals surface area contributed by atoms with Crippen molar-refractivity contribution < 1.29 is 9.13 Å². The third kappa shape index (κ3) is 2.14. The first-order valence-electron chi connectivity index (χ1n) is 6.09. The highest BCUT2D eigenvalue weighted by molar-refractivity contribution is 5.60. The van der Waals surface area contributed by atoms with Crippen LogP contribution < -0.4 is 4.74 Å². The maximum atomic E-state index is 14.1. The van der Waals surface area contributed by atoms with Crippen molar-refractivity contribution in [1.29, 1.82) is 0 Å². The van der Waals surface area contributed by atoms with Crippen LogP contribution >= 0.6 is 0 Å². The Bertz CT molecular complexity index is 725. The average Bonchev–Trinajstić information content (AvgIpc) is 2.97. The fourth-order valence-electron chi connectivity index (χ4n) is 2.00. The number of aromatic nitrogens is 3. The van der Waals surface area contributed by atoms with Crippen LogP contribution in [0.15, 0.2) is 54.9 Å². The zero-order valence-electron chi connectivity index (χ0n) is 10.8. The molecule has 0 aliphatic carbocycles. The maximum absolute atomic E-state index is 14.1. The lowest BCUT2D eigenvalue weighted by Gasteiger charge is -2.08. The molecule has 0 aliphatic heterocycles. The van der Waals surface area contributed by atoms with Gasteiger partial charge in [0.25, 0.3) is 0 Å². The summed E-state index contributed by atoms with van der Waals surface area (Å²) < 4.78 is 20.9. The summed E-state index contributed by atoms with van der Waals surface area (Å²) in [4.78, 5) is 0. The average molecular weight is 269 g/mol. The molecule has 4 nitrogen and oxygen atoms in total. The molecule has 0 radical (unpaired) electrons. The predicted molar refractivity (Wildman–Crippen MR) is 73.3 cm³/mol. The molecule has 3 rings (SSSR count). The second kappa shape index (κ2) is 5.13. The molecule has 2 aromatic carbocycles. The molecule has 0 saturated carbocycles. The standard InChI is InChI=1S/C15H12FN3O/c1-20-12-7-8-13(14(16)9-12)15-18-17-10-19(15)11-5-3-2-4-6-11/h2-10H,1H3. The quantitative estimate of drug-likeness (QED) is 0.733. The van der Waals surface area contributed by atoms with Crippen LogP contribution in [0.5, 0.6) is 5.75 Å². The molecular formula is C15H12FN3O. The molecule has 0 N–H and O–H groups in total. The summed E-state index contributed by atoms with van der Waals surface area (Å²) in [6, 6.07) is 14.2. The number of rotatable bonds is 3. The smallest absolute Gasteiger partial charge is 0.171 e. The lowest BCUT2D eigenvalue weighted by molar-refractivity contribution is 0.411. The van der Waals surface area contributed by atoms with E-state index in [2.05, 4.69) is 10.2 Å². The third-order valence-electron chi connectivity index (χ3n) is 3.00. The Balaban J connectivity index is 2.11. The van der Waals surface area contributed by atoms with Crippen molar-refractivity contribution in [2.75, 3.05) is 7.11 Å². The summed E-state index contributed by atoms with van der Waals surface area (Å²) in [5.74, 6) is 0.530. The zero-order chi connectivity index (χ0) is 13.9. The minimum absolute atomic E-state index is 0.382. The first-order valence-corrected chi connectivity index (χ1v) is 6.09. The van der Waals surface area contributed by atoms with E-state index in [0.717, 1.165) is 5.69 Å².